The number of thioether (sulfide) groups is 1. The Balaban J connectivity index is 1.68. The summed E-state index contributed by atoms with van der Waals surface area (Å²) in [4.78, 5) is 21.0. The molecule has 0 spiro atoms. The second-order valence-corrected chi connectivity index (χ2v) is 8.11. The molecule has 27 heavy (non-hydrogen) atoms. The summed E-state index contributed by atoms with van der Waals surface area (Å²) >= 11 is 2.93. The van der Waals surface area contributed by atoms with Crippen molar-refractivity contribution in [2.24, 2.45) is 0 Å². The van der Waals surface area contributed by atoms with Gasteiger partial charge in [-0.25, -0.2) is 4.98 Å². The Morgan fingerprint density at radius 1 is 1.48 bits per heavy atom. The number of aromatic nitrogens is 5. The quantitative estimate of drug-likeness (QED) is 0.386. The first-order chi connectivity index (χ1) is 13.1. The summed E-state index contributed by atoms with van der Waals surface area (Å²) < 4.78 is 7.41. The van der Waals surface area contributed by atoms with Crippen molar-refractivity contribution in [1.29, 1.82) is 0 Å². The lowest BCUT2D eigenvalue weighted by atomic mass is 10.2. The van der Waals surface area contributed by atoms with Crippen LogP contribution in [0.15, 0.2) is 50.8 Å². The maximum atomic E-state index is 12.7. The molecule has 1 N–H and O–H groups in total. The van der Waals surface area contributed by atoms with E-state index in [2.05, 4.69) is 26.7 Å². The van der Waals surface area contributed by atoms with E-state index in [0.717, 1.165) is 16.5 Å². The number of fused-ring (bicyclic) bond motifs is 1. The van der Waals surface area contributed by atoms with Gasteiger partial charge in [-0.3, -0.25) is 4.79 Å². The van der Waals surface area contributed by atoms with E-state index in [-0.39, 0.29) is 10.8 Å². The van der Waals surface area contributed by atoms with Crippen LogP contribution in [-0.4, -0.2) is 24.7 Å². The van der Waals surface area contributed by atoms with Gasteiger partial charge in [-0.15, -0.1) is 28.1 Å². The van der Waals surface area contributed by atoms with Crippen LogP contribution in [-0.2, 0) is 6.54 Å². The lowest BCUT2D eigenvalue weighted by molar-refractivity contribution is 0.583. The first kappa shape index (κ1) is 17.7. The predicted octanol–water partition coefficient (Wildman–Crippen LogP) is 4.18. The summed E-state index contributed by atoms with van der Waals surface area (Å²) in [7, 11) is 0. The Hall–Kier alpha value is -2.65. The highest BCUT2D eigenvalue weighted by molar-refractivity contribution is 7.99. The lowest BCUT2D eigenvalue weighted by Gasteiger charge is -2.11. The summed E-state index contributed by atoms with van der Waals surface area (Å²) in [6.07, 6.45) is 3.40. The molecule has 0 aliphatic carbocycles. The fourth-order valence-electron chi connectivity index (χ4n) is 2.77. The zero-order valence-electron chi connectivity index (χ0n) is 14.8. The van der Waals surface area contributed by atoms with Gasteiger partial charge in [0.05, 0.1) is 16.9 Å². The van der Waals surface area contributed by atoms with Crippen LogP contribution in [0.1, 0.15) is 23.8 Å². The van der Waals surface area contributed by atoms with E-state index in [1.165, 1.54) is 23.1 Å². The van der Waals surface area contributed by atoms with E-state index in [1.807, 2.05) is 29.9 Å². The minimum Gasteiger partial charge on any atom is -0.464 e. The molecule has 0 bridgehead atoms. The van der Waals surface area contributed by atoms with Gasteiger partial charge in [0, 0.05) is 17.5 Å². The molecule has 0 radical (unpaired) electrons. The van der Waals surface area contributed by atoms with E-state index in [9.17, 15) is 4.79 Å². The normalized spacial score (nSPS) is 12.5. The molecule has 138 valence electrons. The van der Waals surface area contributed by atoms with Crippen LogP contribution in [0.5, 0.6) is 0 Å². The van der Waals surface area contributed by atoms with Crippen molar-refractivity contribution >= 4 is 33.3 Å². The van der Waals surface area contributed by atoms with Gasteiger partial charge in [0.25, 0.3) is 5.56 Å². The molecule has 4 heterocycles. The fourth-order valence-corrected chi connectivity index (χ4v) is 4.67. The summed E-state index contributed by atoms with van der Waals surface area (Å²) in [6.45, 7) is 8.29. The molecule has 1 atom stereocenters. The Morgan fingerprint density at radius 2 is 2.33 bits per heavy atom. The van der Waals surface area contributed by atoms with Gasteiger partial charge in [0.2, 0.25) is 0 Å². The van der Waals surface area contributed by atoms with E-state index in [4.69, 9.17) is 4.42 Å². The molecule has 0 aliphatic heterocycles. The van der Waals surface area contributed by atoms with Crippen LogP contribution in [0, 0.1) is 6.92 Å². The monoisotopic (exact) mass is 399 g/mol. The Bertz CT molecular complexity index is 1160. The average Bonchev–Trinajstić information content (AvgIpc) is 3.37. The third-order valence-corrected chi connectivity index (χ3v) is 6.09. The second kappa shape index (κ2) is 7.16. The van der Waals surface area contributed by atoms with Crippen LogP contribution < -0.4 is 5.56 Å². The molecular weight excluding hydrogens is 382 g/mol. The van der Waals surface area contributed by atoms with Gasteiger partial charge in [-0.2, -0.15) is 0 Å². The number of nitrogens with one attached hydrogen (secondary N) is 1. The maximum Gasteiger partial charge on any atom is 0.260 e. The number of furan rings is 1. The van der Waals surface area contributed by atoms with Gasteiger partial charge in [0.1, 0.15) is 22.2 Å². The zero-order chi connectivity index (χ0) is 19.0. The first-order valence-electron chi connectivity index (χ1n) is 8.31. The highest BCUT2D eigenvalue weighted by atomic mass is 32.2. The number of aryl methyl sites for hydroxylation is 1. The largest absolute Gasteiger partial charge is 0.464 e. The van der Waals surface area contributed by atoms with Crippen LogP contribution in [0.4, 0.5) is 0 Å². The number of hydrogen-bond acceptors (Lipinski definition) is 7. The first-order valence-corrected chi connectivity index (χ1v) is 10.1. The molecule has 4 rings (SSSR count). The number of aromatic amines is 1. The summed E-state index contributed by atoms with van der Waals surface area (Å²) in [6, 6.07) is 3.64. The van der Waals surface area contributed by atoms with Gasteiger partial charge < -0.3 is 14.0 Å². The van der Waals surface area contributed by atoms with E-state index >= 15 is 0 Å². The van der Waals surface area contributed by atoms with Crippen molar-refractivity contribution in [3.8, 4) is 11.3 Å². The van der Waals surface area contributed by atoms with Crippen molar-refractivity contribution in [1.82, 2.24) is 24.7 Å². The zero-order valence-corrected chi connectivity index (χ0v) is 16.4. The molecule has 0 saturated heterocycles. The van der Waals surface area contributed by atoms with Crippen molar-refractivity contribution in [3.63, 3.8) is 0 Å². The molecule has 0 aliphatic rings. The molecule has 0 aromatic carbocycles. The number of nitrogens with zero attached hydrogens (tertiary/aromatic N) is 4. The number of rotatable bonds is 6. The molecule has 4 aromatic heterocycles. The third-order valence-electron chi connectivity index (χ3n) is 4.13. The van der Waals surface area contributed by atoms with Crippen LogP contribution in [0.3, 0.4) is 0 Å². The average molecular weight is 400 g/mol. The van der Waals surface area contributed by atoms with E-state index in [1.54, 1.807) is 18.4 Å². The van der Waals surface area contributed by atoms with Crippen molar-refractivity contribution in [3.05, 3.63) is 58.4 Å². The molecule has 4 aromatic rings. The molecule has 0 fully saturated rings. The van der Waals surface area contributed by atoms with Crippen LogP contribution in [0.25, 0.3) is 21.5 Å². The summed E-state index contributed by atoms with van der Waals surface area (Å²) in [5.41, 5.74) is 0.598. The second-order valence-electron chi connectivity index (χ2n) is 5.95. The van der Waals surface area contributed by atoms with Gasteiger partial charge >= 0.3 is 0 Å². The number of allylic oxidation sites excluding steroid dienone is 1. The number of hydrogen-bond donors (Lipinski definition) is 1. The highest BCUT2D eigenvalue weighted by Gasteiger charge is 2.19. The Morgan fingerprint density at radius 3 is 3.07 bits per heavy atom. The smallest absolute Gasteiger partial charge is 0.260 e. The molecule has 0 unspecified atom stereocenters. The predicted molar refractivity (Wildman–Crippen MR) is 107 cm³/mol. The number of thiophene rings is 1. The van der Waals surface area contributed by atoms with E-state index < -0.39 is 0 Å². The van der Waals surface area contributed by atoms with Crippen LogP contribution >= 0.6 is 23.1 Å². The minimum absolute atomic E-state index is 0.0940. The minimum atomic E-state index is -0.168. The molecule has 7 nitrogen and oxygen atoms in total. The molecule has 0 saturated carbocycles. The van der Waals surface area contributed by atoms with Gasteiger partial charge in [-0.05, 0) is 26.0 Å². The highest BCUT2D eigenvalue weighted by Crippen LogP contribution is 2.35. The topological polar surface area (TPSA) is 89.6 Å². The third kappa shape index (κ3) is 3.24. The molecular formula is C18H17N5O2S2. The van der Waals surface area contributed by atoms with Gasteiger partial charge in [-0.1, -0.05) is 17.8 Å². The summed E-state index contributed by atoms with van der Waals surface area (Å²) in [5, 5.41) is 11.5. The van der Waals surface area contributed by atoms with Gasteiger partial charge in [0.15, 0.2) is 5.16 Å². The number of H-pyrrole nitrogens is 1. The van der Waals surface area contributed by atoms with Crippen molar-refractivity contribution in [2.75, 3.05) is 0 Å². The molecule has 9 heteroatoms. The van der Waals surface area contributed by atoms with Crippen LogP contribution in [0.2, 0.25) is 0 Å². The maximum absolute atomic E-state index is 12.7. The van der Waals surface area contributed by atoms with Crippen molar-refractivity contribution in [2.45, 2.75) is 30.8 Å². The standard InChI is InChI=1S/C18H17N5O2S2/c1-4-7-23-11(3)21-22-18(23)27-10(2)15-19-16(24)14-12(9-26-17(14)20-15)13-6-5-8-25-13/h4-6,8-10H,1,7H2,2-3H3,(H,19,20,24)/t10-/m0/s1. The fraction of sp³-hybridized carbons (Fsp3) is 0.222. The lowest BCUT2D eigenvalue weighted by Crippen LogP contribution is -2.12. The van der Waals surface area contributed by atoms with Crippen molar-refractivity contribution < 1.29 is 4.42 Å². The molecule has 0 amide bonds. The Kier molecular flexibility index (Phi) is 4.71. The summed E-state index contributed by atoms with van der Waals surface area (Å²) in [5.74, 6) is 2.09. The Labute approximate surface area is 163 Å². The van der Waals surface area contributed by atoms with E-state index in [0.29, 0.717) is 28.3 Å². The SMILES string of the molecule is C=CCn1c(C)nnc1S[C@@H](C)c1nc2scc(-c3ccco3)c2c(=O)[nH]1.